The van der Waals surface area contributed by atoms with E-state index in [1.54, 1.807) is 0 Å². The first-order chi connectivity index (χ1) is 9.65. The Bertz CT molecular complexity index is 374. The van der Waals surface area contributed by atoms with Gasteiger partial charge in [0.05, 0.1) is 0 Å². The molecule has 0 aromatic carbocycles. The minimum atomic E-state index is 0.274. The SMILES string of the molecule is CC.CCC1=C(C)C(C(=O)N2CCCC2)=C(C)C1.CO. The maximum absolute atomic E-state index is 12.4. The lowest BCUT2D eigenvalue weighted by molar-refractivity contribution is -0.125. The van der Waals surface area contributed by atoms with Crippen molar-refractivity contribution in [2.24, 2.45) is 0 Å². The van der Waals surface area contributed by atoms with Gasteiger partial charge in [0.15, 0.2) is 0 Å². The minimum Gasteiger partial charge on any atom is -0.400 e. The standard InChI is InChI=1S/C14H21NO.C2H6.CH4O/c1-4-12-9-10(2)13(11(12)3)14(16)15-7-5-6-8-15;2*1-2/h4-9H2,1-3H3;1-2H3;2H,1H3. The summed E-state index contributed by atoms with van der Waals surface area (Å²) in [6.45, 7) is 12.3. The molecule has 2 aliphatic rings. The average molecular weight is 281 g/mol. The first-order valence-electron chi connectivity index (χ1n) is 7.78. The van der Waals surface area contributed by atoms with Crippen LogP contribution >= 0.6 is 0 Å². The monoisotopic (exact) mass is 281 g/mol. The van der Waals surface area contributed by atoms with E-state index in [-0.39, 0.29) is 5.91 Å². The van der Waals surface area contributed by atoms with E-state index < -0.39 is 0 Å². The number of amides is 1. The number of aliphatic hydroxyl groups excluding tert-OH is 1. The fourth-order valence-corrected chi connectivity index (χ4v) is 2.85. The van der Waals surface area contributed by atoms with Crippen molar-refractivity contribution in [3.05, 3.63) is 22.3 Å². The smallest absolute Gasteiger partial charge is 0.254 e. The molecule has 0 unspecified atom stereocenters. The van der Waals surface area contributed by atoms with E-state index in [9.17, 15) is 4.79 Å². The van der Waals surface area contributed by atoms with Gasteiger partial charge in [-0.15, -0.1) is 0 Å². The van der Waals surface area contributed by atoms with E-state index in [1.165, 1.54) is 29.6 Å². The lowest BCUT2D eigenvalue weighted by Crippen LogP contribution is -2.29. The zero-order chi connectivity index (χ0) is 15.7. The number of nitrogens with zero attached hydrogens (tertiary/aromatic N) is 1. The molecule has 1 fully saturated rings. The fourth-order valence-electron chi connectivity index (χ4n) is 2.85. The molecule has 0 saturated carbocycles. The molecule has 20 heavy (non-hydrogen) atoms. The van der Waals surface area contributed by atoms with Crippen LogP contribution in [0.4, 0.5) is 0 Å². The van der Waals surface area contributed by atoms with Gasteiger partial charge in [0, 0.05) is 25.8 Å². The van der Waals surface area contributed by atoms with E-state index in [0.717, 1.165) is 38.6 Å². The first-order valence-corrected chi connectivity index (χ1v) is 7.78. The number of hydrogen-bond donors (Lipinski definition) is 1. The van der Waals surface area contributed by atoms with Gasteiger partial charge < -0.3 is 10.0 Å². The Hall–Kier alpha value is -1.09. The van der Waals surface area contributed by atoms with Gasteiger partial charge in [0.2, 0.25) is 0 Å². The van der Waals surface area contributed by atoms with Crippen molar-refractivity contribution in [2.75, 3.05) is 20.2 Å². The number of carbonyl (C=O) groups is 1. The van der Waals surface area contributed by atoms with Crippen molar-refractivity contribution in [1.29, 1.82) is 0 Å². The van der Waals surface area contributed by atoms with Crippen molar-refractivity contribution in [3.8, 4) is 0 Å². The molecule has 1 aliphatic heterocycles. The third-order valence-electron chi connectivity index (χ3n) is 3.84. The van der Waals surface area contributed by atoms with Gasteiger partial charge in [0.25, 0.3) is 5.91 Å². The number of likely N-dealkylation sites (tertiary alicyclic amines) is 1. The Balaban J connectivity index is 0.000000829. The van der Waals surface area contributed by atoms with E-state index in [2.05, 4.69) is 20.8 Å². The van der Waals surface area contributed by atoms with Crippen molar-refractivity contribution in [1.82, 2.24) is 4.90 Å². The molecule has 2 rings (SSSR count). The second-order valence-corrected chi connectivity index (χ2v) is 4.91. The van der Waals surface area contributed by atoms with Gasteiger partial charge in [-0.3, -0.25) is 4.79 Å². The van der Waals surface area contributed by atoms with Crippen LogP contribution in [0.15, 0.2) is 22.3 Å². The summed E-state index contributed by atoms with van der Waals surface area (Å²) in [6, 6.07) is 0. The fraction of sp³-hybridized carbons (Fsp3) is 0.706. The third kappa shape index (κ3) is 4.20. The predicted octanol–water partition coefficient (Wildman–Crippen LogP) is 3.69. The van der Waals surface area contributed by atoms with Gasteiger partial charge in [-0.2, -0.15) is 0 Å². The lowest BCUT2D eigenvalue weighted by atomic mass is 10.1. The summed E-state index contributed by atoms with van der Waals surface area (Å²) in [7, 11) is 1.00. The zero-order valence-corrected chi connectivity index (χ0v) is 14.0. The highest BCUT2D eigenvalue weighted by molar-refractivity contribution is 5.99. The lowest BCUT2D eigenvalue weighted by Gasteiger charge is -2.17. The van der Waals surface area contributed by atoms with Crippen LogP contribution < -0.4 is 0 Å². The van der Waals surface area contributed by atoms with Crippen molar-refractivity contribution in [2.45, 2.75) is 60.3 Å². The number of allylic oxidation sites excluding steroid dienone is 2. The molecule has 1 heterocycles. The van der Waals surface area contributed by atoms with Gasteiger partial charge in [-0.25, -0.2) is 0 Å². The number of hydrogen-bond acceptors (Lipinski definition) is 2. The number of aliphatic hydroxyl groups is 1. The molecule has 0 bridgehead atoms. The maximum atomic E-state index is 12.4. The van der Waals surface area contributed by atoms with E-state index in [0.29, 0.717) is 0 Å². The summed E-state index contributed by atoms with van der Waals surface area (Å²) >= 11 is 0. The Labute approximate surface area is 124 Å². The van der Waals surface area contributed by atoms with Crippen LogP contribution in [0.3, 0.4) is 0 Å². The highest BCUT2D eigenvalue weighted by Gasteiger charge is 2.28. The van der Waals surface area contributed by atoms with Crippen molar-refractivity contribution >= 4 is 5.91 Å². The summed E-state index contributed by atoms with van der Waals surface area (Å²) in [5, 5.41) is 7.00. The van der Waals surface area contributed by atoms with E-state index in [1.807, 2.05) is 18.7 Å². The summed E-state index contributed by atoms with van der Waals surface area (Å²) in [4.78, 5) is 14.4. The second-order valence-electron chi connectivity index (χ2n) is 4.91. The molecule has 3 nitrogen and oxygen atoms in total. The summed E-state index contributed by atoms with van der Waals surface area (Å²) in [5.74, 6) is 0.274. The third-order valence-corrected chi connectivity index (χ3v) is 3.84. The molecular formula is C17H31NO2. The van der Waals surface area contributed by atoms with Gasteiger partial charge in [0.1, 0.15) is 0 Å². The van der Waals surface area contributed by atoms with Gasteiger partial charge in [-0.05, 0) is 45.1 Å². The molecule has 1 aliphatic carbocycles. The van der Waals surface area contributed by atoms with Crippen molar-refractivity contribution < 1.29 is 9.90 Å². The minimum absolute atomic E-state index is 0.274. The molecule has 0 spiro atoms. The predicted molar refractivity (Wildman–Crippen MR) is 85.6 cm³/mol. The Kier molecular flexibility index (Phi) is 9.23. The van der Waals surface area contributed by atoms with Gasteiger partial charge >= 0.3 is 0 Å². The largest absolute Gasteiger partial charge is 0.400 e. The molecular weight excluding hydrogens is 250 g/mol. The highest BCUT2D eigenvalue weighted by Crippen LogP contribution is 2.35. The van der Waals surface area contributed by atoms with Crippen LogP contribution in [0.25, 0.3) is 0 Å². The highest BCUT2D eigenvalue weighted by atomic mass is 16.2. The molecule has 3 heteroatoms. The first kappa shape index (κ1) is 18.9. The summed E-state index contributed by atoms with van der Waals surface area (Å²) < 4.78 is 0. The van der Waals surface area contributed by atoms with Crippen molar-refractivity contribution in [3.63, 3.8) is 0 Å². The average Bonchev–Trinajstić information content (AvgIpc) is 3.11. The Morgan fingerprint density at radius 2 is 1.65 bits per heavy atom. The molecule has 1 amide bonds. The number of rotatable bonds is 2. The van der Waals surface area contributed by atoms with Crippen LogP contribution in [0.1, 0.15) is 60.3 Å². The molecule has 0 aromatic rings. The normalized spacial score (nSPS) is 17.6. The van der Waals surface area contributed by atoms with Crippen LogP contribution in [0.5, 0.6) is 0 Å². The second kappa shape index (κ2) is 9.76. The topological polar surface area (TPSA) is 40.5 Å². The Morgan fingerprint density at radius 3 is 2.05 bits per heavy atom. The Morgan fingerprint density at radius 1 is 1.15 bits per heavy atom. The number of carbonyl (C=O) groups excluding carboxylic acids is 1. The summed E-state index contributed by atoms with van der Waals surface area (Å²) in [5.41, 5.74) is 4.97. The molecule has 0 radical (unpaired) electrons. The molecule has 1 N–H and O–H groups in total. The summed E-state index contributed by atoms with van der Waals surface area (Å²) in [6.07, 6.45) is 4.42. The molecule has 0 aromatic heterocycles. The quantitative estimate of drug-likeness (QED) is 0.838. The van der Waals surface area contributed by atoms with E-state index in [4.69, 9.17) is 5.11 Å². The van der Waals surface area contributed by atoms with Gasteiger partial charge in [-0.1, -0.05) is 31.9 Å². The molecule has 0 atom stereocenters. The van der Waals surface area contributed by atoms with E-state index >= 15 is 0 Å². The van der Waals surface area contributed by atoms with Crippen LogP contribution in [0.2, 0.25) is 0 Å². The van der Waals surface area contributed by atoms with Crippen LogP contribution in [0, 0.1) is 0 Å². The van der Waals surface area contributed by atoms with Crippen LogP contribution in [-0.2, 0) is 4.79 Å². The maximum Gasteiger partial charge on any atom is 0.254 e. The molecule has 1 saturated heterocycles. The molecule has 116 valence electrons. The zero-order valence-electron chi connectivity index (χ0n) is 14.0. The van der Waals surface area contributed by atoms with Crippen LogP contribution in [-0.4, -0.2) is 36.1 Å².